The third-order valence-electron chi connectivity index (χ3n) is 5.81. The number of nitrogen functional groups attached to an aromatic ring is 1. The number of hydrogen-bond acceptors (Lipinski definition) is 6. The number of fused-ring (bicyclic) bond motifs is 1. The van der Waals surface area contributed by atoms with Crippen LogP contribution in [-0.2, 0) is 0 Å². The fraction of sp³-hybridized carbons (Fsp3) is 0.160. The van der Waals surface area contributed by atoms with Crippen molar-refractivity contribution < 1.29 is 8.81 Å². The maximum absolute atomic E-state index is 14.7. The van der Waals surface area contributed by atoms with Crippen LogP contribution in [0.1, 0.15) is 31.0 Å². The average Bonchev–Trinajstić information content (AvgIpc) is 3.28. The van der Waals surface area contributed by atoms with Crippen molar-refractivity contribution in [2.24, 2.45) is 4.99 Å². The zero-order valence-electron chi connectivity index (χ0n) is 17.7. The molecule has 0 saturated heterocycles. The topological polar surface area (TPSA) is 80.5 Å². The van der Waals surface area contributed by atoms with E-state index in [1.54, 1.807) is 24.7 Å². The van der Waals surface area contributed by atoms with Crippen LogP contribution in [0.15, 0.2) is 76.6 Å². The predicted molar refractivity (Wildman–Crippen MR) is 124 cm³/mol. The number of nitrogens with zero attached hydrogens (tertiary/aromatic N) is 4. The van der Waals surface area contributed by atoms with Gasteiger partial charge in [-0.2, -0.15) is 0 Å². The number of rotatable bonds is 4. The molecular formula is C25H22FN5O. The van der Waals surface area contributed by atoms with Gasteiger partial charge in [0.2, 0.25) is 5.95 Å². The summed E-state index contributed by atoms with van der Waals surface area (Å²) < 4.78 is 19.9. The number of allylic oxidation sites excluding steroid dienone is 1. The summed E-state index contributed by atoms with van der Waals surface area (Å²) in [5, 5.41) is 0.731. The van der Waals surface area contributed by atoms with E-state index in [2.05, 4.69) is 38.9 Å². The van der Waals surface area contributed by atoms with Crippen molar-refractivity contribution >= 4 is 28.8 Å². The van der Waals surface area contributed by atoms with E-state index in [0.717, 1.165) is 33.3 Å². The molecule has 1 unspecified atom stereocenters. The Morgan fingerprint density at radius 1 is 1.06 bits per heavy atom. The molecule has 0 fully saturated rings. The number of aliphatic imine (C=N–C) groups is 1. The van der Waals surface area contributed by atoms with Crippen LogP contribution in [0.25, 0.3) is 27.8 Å². The Bertz CT molecular complexity index is 1340. The molecule has 2 aromatic carbocycles. The molecule has 1 aliphatic heterocycles. The van der Waals surface area contributed by atoms with E-state index in [9.17, 15) is 4.39 Å². The molecule has 0 spiro atoms. The van der Waals surface area contributed by atoms with Crippen LogP contribution in [0.4, 0.5) is 10.3 Å². The van der Waals surface area contributed by atoms with Crippen molar-refractivity contribution in [2.45, 2.75) is 26.1 Å². The second-order valence-corrected chi connectivity index (χ2v) is 7.82. The highest BCUT2D eigenvalue weighted by Gasteiger charge is 2.27. The Hall–Kier alpha value is -4.00. The molecule has 4 aromatic rings. The number of aromatic nitrogens is 2. The van der Waals surface area contributed by atoms with Gasteiger partial charge in [0.1, 0.15) is 6.17 Å². The zero-order valence-corrected chi connectivity index (χ0v) is 17.7. The summed E-state index contributed by atoms with van der Waals surface area (Å²) in [7, 11) is 0. The maximum Gasteiger partial charge on any atom is 0.219 e. The lowest BCUT2D eigenvalue weighted by Crippen LogP contribution is -2.35. The van der Waals surface area contributed by atoms with Crippen molar-refractivity contribution in [3.05, 3.63) is 84.1 Å². The number of halogens is 1. The van der Waals surface area contributed by atoms with Gasteiger partial charge >= 0.3 is 0 Å². The highest BCUT2D eigenvalue weighted by molar-refractivity contribution is 5.89. The first-order valence-electron chi connectivity index (χ1n) is 10.4. The van der Waals surface area contributed by atoms with Gasteiger partial charge in [-0.15, -0.1) is 0 Å². The van der Waals surface area contributed by atoms with Gasteiger partial charge in [0, 0.05) is 40.8 Å². The van der Waals surface area contributed by atoms with Crippen LogP contribution in [0.3, 0.4) is 0 Å². The zero-order chi connectivity index (χ0) is 22.2. The summed E-state index contributed by atoms with van der Waals surface area (Å²) in [6.07, 6.45) is 8.53. The van der Waals surface area contributed by atoms with E-state index in [1.807, 2.05) is 31.2 Å². The molecule has 0 saturated carbocycles. The van der Waals surface area contributed by atoms with Crippen LogP contribution in [0.5, 0.6) is 0 Å². The van der Waals surface area contributed by atoms with Crippen molar-refractivity contribution in [2.75, 3.05) is 5.73 Å². The third-order valence-corrected chi connectivity index (χ3v) is 5.81. The predicted octanol–water partition coefficient (Wildman–Crippen LogP) is 5.45. The minimum atomic E-state index is -0.378. The first-order chi connectivity index (χ1) is 15.5. The van der Waals surface area contributed by atoms with Gasteiger partial charge in [-0.25, -0.2) is 14.4 Å². The van der Waals surface area contributed by atoms with Gasteiger partial charge < -0.3 is 15.1 Å². The minimum absolute atomic E-state index is 0.0218. The highest BCUT2D eigenvalue weighted by Crippen LogP contribution is 2.36. The van der Waals surface area contributed by atoms with Gasteiger partial charge in [-0.1, -0.05) is 18.2 Å². The molecule has 32 heavy (non-hydrogen) atoms. The van der Waals surface area contributed by atoms with E-state index < -0.39 is 0 Å². The van der Waals surface area contributed by atoms with Crippen molar-refractivity contribution in [3.63, 3.8) is 0 Å². The molecule has 0 amide bonds. The number of nitrogens with two attached hydrogens (primary N) is 1. The highest BCUT2D eigenvalue weighted by atomic mass is 19.1. The second kappa shape index (κ2) is 7.92. The first kappa shape index (κ1) is 19.9. The van der Waals surface area contributed by atoms with Gasteiger partial charge in [0.25, 0.3) is 0 Å². The smallest absolute Gasteiger partial charge is 0.219 e. The van der Waals surface area contributed by atoms with Crippen molar-refractivity contribution in [1.29, 1.82) is 0 Å². The molecule has 6 nitrogen and oxygen atoms in total. The Balaban J connectivity index is 1.53. The molecule has 3 heterocycles. The largest absolute Gasteiger partial charge is 0.461 e. The lowest BCUT2D eigenvalue weighted by molar-refractivity contribution is 0.252. The summed E-state index contributed by atoms with van der Waals surface area (Å²) in [6.45, 7) is 4.15. The molecule has 7 heteroatoms. The van der Waals surface area contributed by atoms with E-state index in [1.165, 1.54) is 12.3 Å². The molecule has 2 atom stereocenters. The number of furan rings is 1. The summed E-state index contributed by atoms with van der Waals surface area (Å²) in [5.74, 6) is -0.133. The summed E-state index contributed by atoms with van der Waals surface area (Å²) >= 11 is 0. The molecule has 2 aromatic heterocycles. The SMILES string of the molecule is CC1N=CC=C(c2cc(F)c3occc3c2)N1[C@@H](C)c1cccc(-c2cnc(N)nc2)c1. The molecule has 5 rings (SSSR count). The van der Waals surface area contributed by atoms with E-state index >= 15 is 0 Å². The quantitative estimate of drug-likeness (QED) is 0.469. The van der Waals surface area contributed by atoms with Crippen LogP contribution in [-0.4, -0.2) is 27.2 Å². The van der Waals surface area contributed by atoms with Crippen LogP contribution >= 0.6 is 0 Å². The number of anilines is 1. The van der Waals surface area contributed by atoms with E-state index in [-0.39, 0.29) is 29.6 Å². The maximum atomic E-state index is 14.7. The molecule has 2 N–H and O–H groups in total. The van der Waals surface area contributed by atoms with E-state index in [0.29, 0.717) is 0 Å². The summed E-state index contributed by atoms with van der Waals surface area (Å²) in [4.78, 5) is 15.0. The fourth-order valence-electron chi connectivity index (χ4n) is 4.19. The molecular weight excluding hydrogens is 405 g/mol. The van der Waals surface area contributed by atoms with Crippen LogP contribution in [0.2, 0.25) is 0 Å². The van der Waals surface area contributed by atoms with Crippen molar-refractivity contribution in [3.8, 4) is 11.1 Å². The number of hydrogen-bond donors (Lipinski definition) is 1. The Labute approximate surface area is 184 Å². The fourth-order valence-corrected chi connectivity index (χ4v) is 4.19. The van der Waals surface area contributed by atoms with Crippen LogP contribution in [0, 0.1) is 5.82 Å². The standard InChI is InChI=1S/C25H22FN5O/c1-15(17-4-3-5-18(10-17)21-13-29-25(27)30-14-21)31-16(2)28-8-6-23(31)20-11-19-7-9-32-24(19)22(26)12-20/h3-16H,1-2H3,(H2,27,29,30)/t15-,16?/m0/s1. The Morgan fingerprint density at radius 3 is 2.69 bits per heavy atom. The molecule has 0 radical (unpaired) electrons. The molecule has 160 valence electrons. The molecule has 0 bridgehead atoms. The lowest BCUT2D eigenvalue weighted by atomic mass is 9.98. The molecule has 0 aliphatic carbocycles. The van der Waals surface area contributed by atoms with Gasteiger partial charge in [0.05, 0.1) is 12.3 Å². The Kier molecular flexibility index (Phi) is 4.93. The van der Waals surface area contributed by atoms with E-state index in [4.69, 9.17) is 10.2 Å². The normalized spacial score (nSPS) is 16.9. The van der Waals surface area contributed by atoms with Crippen molar-refractivity contribution in [1.82, 2.24) is 14.9 Å². The Morgan fingerprint density at radius 2 is 1.88 bits per heavy atom. The summed E-state index contributed by atoms with van der Waals surface area (Å²) in [5.41, 5.74) is 10.6. The van der Waals surface area contributed by atoms with Gasteiger partial charge in [0.15, 0.2) is 11.4 Å². The first-order valence-corrected chi connectivity index (χ1v) is 10.4. The number of benzene rings is 2. The molecule has 1 aliphatic rings. The van der Waals surface area contributed by atoms with Crippen LogP contribution < -0.4 is 5.73 Å². The minimum Gasteiger partial charge on any atom is -0.461 e. The van der Waals surface area contributed by atoms with Gasteiger partial charge in [-0.05, 0) is 55.3 Å². The monoisotopic (exact) mass is 427 g/mol. The van der Waals surface area contributed by atoms with Gasteiger partial charge in [-0.3, -0.25) is 4.99 Å². The lowest BCUT2D eigenvalue weighted by Gasteiger charge is -2.38. The second-order valence-electron chi connectivity index (χ2n) is 7.82. The third kappa shape index (κ3) is 3.51. The average molecular weight is 427 g/mol. The summed E-state index contributed by atoms with van der Waals surface area (Å²) in [6, 6.07) is 13.4.